The second-order valence-corrected chi connectivity index (χ2v) is 6.09. The van der Waals surface area contributed by atoms with Crippen LogP contribution >= 0.6 is 0 Å². The summed E-state index contributed by atoms with van der Waals surface area (Å²) in [6.07, 6.45) is 2.43. The van der Waals surface area contributed by atoms with Crippen molar-refractivity contribution in [1.82, 2.24) is 5.32 Å². The lowest BCUT2D eigenvalue weighted by Crippen LogP contribution is -2.32. The van der Waals surface area contributed by atoms with Gasteiger partial charge in [-0.3, -0.25) is 0 Å². The number of anilines is 2. The van der Waals surface area contributed by atoms with E-state index in [4.69, 9.17) is 4.74 Å². The summed E-state index contributed by atoms with van der Waals surface area (Å²) < 4.78 is 5.74. The smallest absolute Gasteiger partial charge is 0.419 e. The van der Waals surface area contributed by atoms with Gasteiger partial charge in [0.25, 0.3) is 0 Å². The molecule has 1 saturated heterocycles. The number of ether oxygens (including phenoxy) is 1. The van der Waals surface area contributed by atoms with E-state index in [2.05, 4.69) is 17.4 Å². The van der Waals surface area contributed by atoms with E-state index < -0.39 is 0 Å². The van der Waals surface area contributed by atoms with Crippen LogP contribution in [-0.4, -0.2) is 25.3 Å². The van der Waals surface area contributed by atoms with Crippen LogP contribution in [0.5, 0.6) is 0 Å². The standard InChI is InChI=1S/C19H20N2O2/c22-19(23-16-11-12-20-13-16)21-17-7-3-1-5-14(17)9-10-15-6-2-4-8-18(15)21/h1-8,16,20H,9-13H2. The molecule has 0 spiro atoms. The number of benzene rings is 2. The molecule has 1 N–H and O–H groups in total. The Morgan fingerprint density at radius 2 is 1.61 bits per heavy atom. The number of carbonyl (C=O) groups is 1. The number of hydrogen-bond donors (Lipinski definition) is 1. The monoisotopic (exact) mass is 308 g/mol. The molecule has 2 aliphatic heterocycles. The van der Waals surface area contributed by atoms with Gasteiger partial charge >= 0.3 is 6.09 Å². The number of aryl methyl sites for hydroxylation is 2. The van der Waals surface area contributed by atoms with Gasteiger partial charge in [-0.15, -0.1) is 0 Å². The summed E-state index contributed by atoms with van der Waals surface area (Å²) in [5.41, 5.74) is 4.25. The first-order chi connectivity index (χ1) is 11.3. The minimum atomic E-state index is -0.277. The van der Waals surface area contributed by atoms with Crippen LogP contribution in [0.15, 0.2) is 48.5 Å². The molecule has 1 unspecified atom stereocenters. The zero-order valence-electron chi connectivity index (χ0n) is 13.0. The lowest BCUT2D eigenvalue weighted by atomic mass is 10.0. The van der Waals surface area contributed by atoms with Gasteiger partial charge in [0.15, 0.2) is 0 Å². The molecule has 2 aromatic carbocycles. The topological polar surface area (TPSA) is 41.6 Å². The average Bonchev–Trinajstić information content (AvgIpc) is 3.02. The molecular formula is C19H20N2O2. The predicted molar refractivity (Wildman–Crippen MR) is 90.2 cm³/mol. The number of para-hydroxylation sites is 2. The number of nitrogens with one attached hydrogen (secondary N) is 1. The Bertz CT molecular complexity index is 675. The molecule has 0 bridgehead atoms. The molecule has 2 aliphatic rings. The van der Waals surface area contributed by atoms with Gasteiger partial charge in [0, 0.05) is 6.54 Å². The molecule has 2 aromatic rings. The molecule has 0 aromatic heterocycles. The molecule has 118 valence electrons. The van der Waals surface area contributed by atoms with E-state index in [0.29, 0.717) is 0 Å². The van der Waals surface area contributed by atoms with Gasteiger partial charge < -0.3 is 10.1 Å². The summed E-state index contributed by atoms with van der Waals surface area (Å²) >= 11 is 0. The third-order valence-electron chi connectivity index (χ3n) is 4.59. The SMILES string of the molecule is O=C(OC1CCNC1)N1c2ccccc2CCc2ccccc21. The second-order valence-electron chi connectivity index (χ2n) is 6.09. The Balaban J connectivity index is 1.75. The molecule has 4 nitrogen and oxygen atoms in total. The van der Waals surface area contributed by atoms with E-state index >= 15 is 0 Å². The number of carbonyl (C=O) groups excluding carboxylic acids is 1. The maximum atomic E-state index is 12.9. The van der Waals surface area contributed by atoms with Crippen molar-refractivity contribution in [3.63, 3.8) is 0 Å². The summed E-state index contributed by atoms with van der Waals surface area (Å²) in [7, 11) is 0. The highest BCUT2D eigenvalue weighted by Crippen LogP contribution is 2.36. The van der Waals surface area contributed by atoms with E-state index in [1.165, 1.54) is 11.1 Å². The number of amides is 1. The minimum absolute atomic E-state index is 0.0370. The molecule has 1 amide bonds. The number of hydrogen-bond acceptors (Lipinski definition) is 3. The molecule has 4 heteroatoms. The molecule has 23 heavy (non-hydrogen) atoms. The van der Waals surface area contributed by atoms with E-state index in [1.807, 2.05) is 36.4 Å². The zero-order valence-corrected chi connectivity index (χ0v) is 13.0. The van der Waals surface area contributed by atoms with Crippen molar-refractivity contribution in [2.24, 2.45) is 0 Å². The Labute approximate surface area is 136 Å². The fraction of sp³-hybridized carbons (Fsp3) is 0.316. The summed E-state index contributed by atoms with van der Waals surface area (Å²) in [5.74, 6) is 0. The van der Waals surface area contributed by atoms with E-state index in [1.54, 1.807) is 4.90 Å². The molecule has 0 aliphatic carbocycles. The van der Waals surface area contributed by atoms with Crippen LogP contribution in [-0.2, 0) is 17.6 Å². The van der Waals surface area contributed by atoms with Crippen LogP contribution in [0.2, 0.25) is 0 Å². The minimum Gasteiger partial charge on any atom is -0.444 e. The van der Waals surface area contributed by atoms with Crippen molar-refractivity contribution in [2.45, 2.75) is 25.4 Å². The normalized spacial score (nSPS) is 19.7. The van der Waals surface area contributed by atoms with Crippen molar-refractivity contribution in [3.05, 3.63) is 59.7 Å². The predicted octanol–water partition coefficient (Wildman–Crippen LogP) is 3.42. The van der Waals surface area contributed by atoms with Gasteiger partial charge in [-0.05, 0) is 49.1 Å². The van der Waals surface area contributed by atoms with Crippen molar-refractivity contribution >= 4 is 17.5 Å². The maximum absolute atomic E-state index is 12.9. The molecule has 1 fully saturated rings. The summed E-state index contributed by atoms with van der Waals surface area (Å²) in [6.45, 7) is 1.65. The zero-order chi connectivity index (χ0) is 15.6. The molecule has 2 heterocycles. The van der Waals surface area contributed by atoms with Gasteiger partial charge in [-0.25, -0.2) is 9.69 Å². The van der Waals surface area contributed by atoms with Crippen molar-refractivity contribution in [2.75, 3.05) is 18.0 Å². The highest BCUT2D eigenvalue weighted by Gasteiger charge is 2.29. The highest BCUT2D eigenvalue weighted by atomic mass is 16.6. The second kappa shape index (κ2) is 6.05. The fourth-order valence-electron chi connectivity index (χ4n) is 3.40. The van der Waals surface area contributed by atoms with Gasteiger partial charge in [0.05, 0.1) is 11.4 Å². The molecule has 1 atom stereocenters. The largest absolute Gasteiger partial charge is 0.444 e. The van der Waals surface area contributed by atoms with E-state index in [9.17, 15) is 4.79 Å². The number of nitrogens with zero attached hydrogens (tertiary/aromatic N) is 1. The number of fused-ring (bicyclic) bond motifs is 2. The first kappa shape index (κ1) is 14.3. The van der Waals surface area contributed by atoms with Crippen LogP contribution in [0.1, 0.15) is 17.5 Å². The Hall–Kier alpha value is -2.33. The lowest BCUT2D eigenvalue weighted by Gasteiger charge is -2.25. The molecule has 0 saturated carbocycles. The fourth-order valence-corrected chi connectivity index (χ4v) is 3.40. The highest BCUT2D eigenvalue weighted by molar-refractivity contribution is 5.98. The molecule has 0 radical (unpaired) electrons. The first-order valence-corrected chi connectivity index (χ1v) is 8.20. The van der Waals surface area contributed by atoms with Crippen LogP contribution in [0.25, 0.3) is 0 Å². The number of rotatable bonds is 1. The van der Waals surface area contributed by atoms with E-state index in [0.717, 1.165) is 43.7 Å². The van der Waals surface area contributed by atoms with Crippen LogP contribution in [0.4, 0.5) is 16.2 Å². The summed E-state index contributed by atoms with van der Waals surface area (Å²) in [5, 5.41) is 3.24. The third kappa shape index (κ3) is 2.70. The van der Waals surface area contributed by atoms with Gasteiger partial charge in [0.2, 0.25) is 0 Å². The van der Waals surface area contributed by atoms with Crippen molar-refractivity contribution < 1.29 is 9.53 Å². The quantitative estimate of drug-likeness (QED) is 0.877. The van der Waals surface area contributed by atoms with Crippen LogP contribution in [0, 0.1) is 0 Å². The Morgan fingerprint density at radius 1 is 1.00 bits per heavy atom. The van der Waals surface area contributed by atoms with Gasteiger partial charge in [-0.1, -0.05) is 36.4 Å². The van der Waals surface area contributed by atoms with Gasteiger partial charge in [-0.2, -0.15) is 0 Å². The summed E-state index contributed by atoms with van der Waals surface area (Å²) in [4.78, 5) is 14.7. The lowest BCUT2D eigenvalue weighted by molar-refractivity contribution is 0.116. The first-order valence-electron chi connectivity index (χ1n) is 8.20. The Kier molecular flexibility index (Phi) is 3.75. The molecule has 4 rings (SSSR count). The molecular weight excluding hydrogens is 288 g/mol. The van der Waals surface area contributed by atoms with E-state index in [-0.39, 0.29) is 12.2 Å². The summed E-state index contributed by atoms with van der Waals surface area (Å²) in [6, 6.07) is 16.2. The van der Waals surface area contributed by atoms with Crippen molar-refractivity contribution in [1.29, 1.82) is 0 Å². The maximum Gasteiger partial charge on any atom is 0.419 e. The average molecular weight is 308 g/mol. The van der Waals surface area contributed by atoms with Crippen molar-refractivity contribution in [3.8, 4) is 0 Å². The third-order valence-corrected chi connectivity index (χ3v) is 4.59. The Morgan fingerprint density at radius 3 is 2.17 bits per heavy atom. The van der Waals surface area contributed by atoms with Crippen LogP contribution < -0.4 is 10.2 Å². The van der Waals surface area contributed by atoms with Crippen LogP contribution in [0.3, 0.4) is 0 Å². The van der Waals surface area contributed by atoms with Gasteiger partial charge in [0.1, 0.15) is 6.10 Å².